The molecule has 0 aliphatic carbocycles. The Morgan fingerprint density at radius 2 is 2.17 bits per heavy atom. The van der Waals surface area contributed by atoms with E-state index in [1.807, 2.05) is 17.8 Å². The van der Waals surface area contributed by atoms with Gasteiger partial charge in [-0.25, -0.2) is 0 Å². The van der Waals surface area contributed by atoms with Crippen molar-refractivity contribution in [2.24, 2.45) is 7.05 Å². The monoisotopic (exact) mass is 247 g/mol. The largest absolute Gasteiger partial charge is 0.467 e. The molecule has 0 saturated heterocycles. The van der Waals surface area contributed by atoms with Gasteiger partial charge in [0.1, 0.15) is 5.76 Å². The lowest BCUT2D eigenvalue weighted by molar-refractivity contribution is 0.484. The number of aryl methyl sites for hydroxylation is 2. The molecule has 0 aliphatic heterocycles. The molecule has 98 valence electrons. The van der Waals surface area contributed by atoms with Gasteiger partial charge in [0.15, 0.2) is 0 Å². The minimum atomic E-state index is 0.772. The second-order valence-electron chi connectivity index (χ2n) is 4.45. The quantitative estimate of drug-likeness (QED) is 0.798. The lowest BCUT2D eigenvalue weighted by Crippen LogP contribution is -2.13. The maximum atomic E-state index is 5.57. The first-order valence-corrected chi connectivity index (χ1v) is 6.56. The van der Waals surface area contributed by atoms with Crippen molar-refractivity contribution in [3.8, 4) is 11.1 Å². The molecule has 2 heterocycles. The van der Waals surface area contributed by atoms with Gasteiger partial charge >= 0.3 is 0 Å². The van der Waals surface area contributed by atoms with Crippen LogP contribution in [-0.4, -0.2) is 16.3 Å². The number of nitrogens with zero attached hydrogens (tertiary/aromatic N) is 2. The Hall–Kier alpha value is -1.55. The van der Waals surface area contributed by atoms with Crippen LogP contribution < -0.4 is 5.32 Å². The predicted octanol–water partition coefficient (Wildman–Crippen LogP) is 2.74. The second-order valence-corrected chi connectivity index (χ2v) is 4.45. The molecule has 0 bridgehead atoms. The zero-order chi connectivity index (χ0) is 13.0. The van der Waals surface area contributed by atoms with E-state index in [0.29, 0.717) is 0 Å². The van der Waals surface area contributed by atoms with E-state index in [-0.39, 0.29) is 0 Å². The van der Waals surface area contributed by atoms with E-state index in [2.05, 4.69) is 30.5 Å². The maximum absolute atomic E-state index is 5.57. The van der Waals surface area contributed by atoms with Gasteiger partial charge in [-0.05, 0) is 25.5 Å². The van der Waals surface area contributed by atoms with E-state index >= 15 is 0 Å². The van der Waals surface area contributed by atoms with Crippen molar-refractivity contribution in [3.63, 3.8) is 0 Å². The van der Waals surface area contributed by atoms with Crippen LogP contribution >= 0.6 is 0 Å². The van der Waals surface area contributed by atoms with Gasteiger partial charge in [0.05, 0.1) is 18.5 Å². The summed E-state index contributed by atoms with van der Waals surface area (Å²) in [5.41, 5.74) is 3.46. The minimum Gasteiger partial charge on any atom is -0.467 e. The summed E-state index contributed by atoms with van der Waals surface area (Å²) >= 11 is 0. The smallest absolute Gasteiger partial charge is 0.125 e. The number of aromatic nitrogens is 2. The summed E-state index contributed by atoms with van der Waals surface area (Å²) < 4.78 is 7.44. The third-order valence-electron chi connectivity index (χ3n) is 2.99. The molecule has 0 amide bonds. The number of hydrogen-bond acceptors (Lipinski definition) is 3. The molecular weight excluding hydrogens is 226 g/mol. The Morgan fingerprint density at radius 1 is 1.33 bits per heavy atom. The lowest BCUT2D eigenvalue weighted by Gasteiger charge is -2.03. The highest BCUT2D eigenvalue weighted by Crippen LogP contribution is 2.27. The zero-order valence-electron chi connectivity index (χ0n) is 11.4. The fraction of sp³-hybridized carbons (Fsp3) is 0.500. The first kappa shape index (κ1) is 12.9. The van der Waals surface area contributed by atoms with Gasteiger partial charge in [-0.3, -0.25) is 4.68 Å². The van der Waals surface area contributed by atoms with E-state index in [4.69, 9.17) is 4.42 Å². The number of furan rings is 1. The second kappa shape index (κ2) is 5.87. The number of rotatable bonds is 6. The first-order valence-electron chi connectivity index (χ1n) is 6.56. The first-order chi connectivity index (χ1) is 8.76. The summed E-state index contributed by atoms with van der Waals surface area (Å²) in [6.45, 7) is 6.06. The molecule has 18 heavy (non-hydrogen) atoms. The third-order valence-corrected chi connectivity index (χ3v) is 2.99. The normalized spacial score (nSPS) is 11.1. The molecule has 0 spiro atoms. The molecule has 0 saturated carbocycles. The average molecular weight is 247 g/mol. The van der Waals surface area contributed by atoms with Gasteiger partial charge in [-0.15, -0.1) is 0 Å². The zero-order valence-corrected chi connectivity index (χ0v) is 11.4. The lowest BCUT2D eigenvalue weighted by atomic mass is 10.1. The van der Waals surface area contributed by atoms with Crippen LogP contribution in [0.2, 0.25) is 0 Å². The SMILES string of the molecule is CCCNCc1occc1-c1cn(C)nc1CC. The van der Waals surface area contributed by atoms with Gasteiger partial charge < -0.3 is 9.73 Å². The van der Waals surface area contributed by atoms with Crippen LogP contribution in [0.3, 0.4) is 0 Å². The van der Waals surface area contributed by atoms with Crippen LogP contribution in [0, 0.1) is 0 Å². The molecular formula is C14H21N3O. The Bertz CT molecular complexity index is 499. The van der Waals surface area contributed by atoms with E-state index in [1.54, 1.807) is 6.26 Å². The summed E-state index contributed by atoms with van der Waals surface area (Å²) in [4.78, 5) is 0. The minimum absolute atomic E-state index is 0.772. The molecule has 0 fully saturated rings. The van der Waals surface area contributed by atoms with Crippen molar-refractivity contribution >= 4 is 0 Å². The topological polar surface area (TPSA) is 43.0 Å². The van der Waals surface area contributed by atoms with Gasteiger partial charge in [0.25, 0.3) is 0 Å². The molecule has 4 heteroatoms. The van der Waals surface area contributed by atoms with Gasteiger partial charge in [0, 0.05) is 24.4 Å². The fourth-order valence-electron chi connectivity index (χ4n) is 2.12. The molecule has 0 aromatic carbocycles. The van der Waals surface area contributed by atoms with Crippen LogP contribution in [-0.2, 0) is 20.0 Å². The molecule has 0 radical (unpaired) electrons. The highest BCUT2D eigenvalue weighted by atomic mass is 16.3. The standard InChI is InChI=1S/C14H21N3O/c1-4-7-15-9-14-11(6-8-18-14)12-10-17(3)16-13(12)5-2/h6,8,10,15H,4-5,7,9H2,1-3H3. The predicted molar refractivity (Wildman–Crippen MR) is 72.3 cm³/mol. The van der Waals surface area contributed by atoms with Crippen molar-refractivity contribution in [2.75, 3.05) is 6.54 Å². The van der Waals surface area contributed by atoms with Crippen LogP contribution in [0.25, 0.3) is 11.1 Å². The van der Waals surface area contributed by atoms with Crippen molar-refractivity contribution in [2.45, 2.75) is 33.2 Å². The van der Waals surface area contributed by atoms with Crippen molar-refractivity contribution < 1.29 is 4.42 Å². The average Bonchev–Trinajstić information content (AvgIpc) is 2.95. The highest BCUT2D eigenvalue weighted by Gasteiger charge is 2.14. The molecule has 4 nitrogen and oxygen atoms in total. The Balaban J connectivity index is 2.24. The van der Waals surface area contributed by atoms with Crippen molar-refractivity contribution in [1.82, 2.24) is 15.1 Å². The van der Waals surface area contributed by atoms with Crippen LogP contribution in [0.15, 0.2) is 22.9 Å². The van der Waals surface area contributed by atoms with E-state index < -0.39 is 0 Å². The molecule has 2 rings (SSSR count). The number of nitrogens with one attached hydrogen (secondary N) is 1. The molecule has 0 atom stereocenters. The maximum Gasteiger partial charge on any atom is 0.125 e. The summed E-state index contributed by atoms with van der Waals surface area (Å²) in [6, 6.07) is 2.03. The highest BCUT2D eigenvalue weighted by molar-refractivity contribution is 5.67. The molecule has 2 aromatic rings. The fourth-order valence-corrected chi connectivity index (χ4v) is 2.12. The van der Waals surface area contributed by atoms with Crippen LogP contribution in [0.5, 0.6) is 0 Å². The summed E-state index contributed by atoms with van der Waals surface area (Å²) in [6.07, 6.45) is 5.88. The van der Waals surface area contributed by atoms with Crippen LogP contribution in [0.4, 0.5) is 0 Å². The summed E-state index contributed by atoms with van der Waals surface area (Å²) in [5, 5.41) is 7.85. The Morgan fingerprint density at radius 3 is 2.89 bits per heavy atom. The van der Waals surface area contributed by atoms with Crippen LogP contribution in [0.1, 0.15) is 31.7 Å². The van der Waals surface area contributed by atoms with E-state index in [1.165, 1.54) is 5.56 Å². The van der Waals surface area contributed by atoms with E-state index in [9.17, 15) is 0 Å². The van der Waals surface area contributed by atoms with Gasteiger partial charge in [-0.2, -0.15) is 5.10 Å². The summed E-state index contributed by atoms with van der Waals surface area (Å²) in [5.74, 6) is 0.992. The molecule has 0 unspecified atom stereocenters. The number of hydrogen-bond donors (Lipinski definition) is 1. The van der Waals surface area contributed by atoms with Crippen molar-refractivity contribution in [3.05, 3.63) is 30.0 Å². The van der Waals surface area contributed by atoms with Gasteiger partial charge in [-0.1, -0.05) is 13.8 Å². The molecule has 0 aliphatic rings. The third kappa shape index (κ3) is 2.64. The Kier molecular flexibility index (Phi) is 4.20. The Labute approximate surface area is 108 Å². The summed E-state index contributed by atoms with van der Waals surface area (Å²) in [7, 11) is 1.96. The molecule has 1 N–H and O–H groups in total. The van der Waals surface area contributed by atoms with Crippen molar-refractivity contribution in [1.29, 1.82) is 0 Å². The molecule has 2 aromatic heterocycles. The van der Waals surface area contributed by atoms with Gasteiger partial charge in [0.2, 0.25) is 0 Å². The van der Waals surface area contributed by atoms with E-state index in [0.717, 1.165) is 42.9 Å².